The molecule has 0 atom stereocenters. The molecule has 0 unspecified atom stereocenters. The number of allylic oxidation sites excluding steroid dienone is 1. The lowest BCUT2D eigenvalue weighted by Gasteiger charge is -2.21. The van der Waals surface area contributed by atoms with Crippen molar-refractivity contribution in [2.45, 2.75) is 13.0 Å². The molecule has 0 spiro atoms. The molecule has 4 nitrogen and oxygen atoms in total. The fourth-order valence-electron chi connectivity index (χ4n) is 3.17. The Morgan fingerprint density at radius 3 is 2.62 bits per heavy atom. The van der Waals surface area contributed by atoms with Gasteiger partial charge in [0.25, 0.3) is 0 Å². The van der Waals surface area contributed by atoms with Crippen LogP contribution in [0.3, 0.4) is 0 Å². The smallest absolute Gasteiger partial charge is 0.142 e. The van der Waals surface area contributed by atoms with Crippen LogP contribution in [0.2, 0.25) is 0 Å². The zero-order chi connectivity index (χ0) is 18.2. The lowest BCUT2D eigenvalue weighted by atomic mass is 10.1. The Kier molecular flexibility index (Phi) is 6.36. The molecule has 2 N–H and O–H groups in total. The number of carbonyl (C=O) groups is 1. The van der Waals surface area contributed by atoms with E-state index in [1.807, 2.05) is 18.2 Å². The first-order valence-corrected chi connectivity index (χ1v) is 8.89. The molecule has 3 rings (SSSR count). The van der Waals surface area contributed by atoms with E-state index < -0.39 is 0 Å². The number of nitrogens with one attached hydrogen (secondary N) is 1. The highest BCUT2D eigenvalue weighted by Crippen LogP contribution is 2.18. The average molecular weight is 348 g/mol. The Morgan fingerprint density at radius 1 is 1.04 bits per heavy atom. The van der Waals surface area contributed by atoms with E-state index in [1.165, 1.54) is 22.6 Å². The van der Waals surface area contributed by atoms with E-state index in [9.17, 15) is 9.90 Å². The summed E-state index contributed by atoms with van der Waals surface area (Å²) in [6.45, 7) is 2.47. The number of carbonyl (C=O) groups excluding carboxylic acids is 1. The molecule has 0 aliphatic heterocycles. The number of rotatable bonds is 9. The maximum Gasteiger partial charge on any atom is 0.142 e. The number of nitrogens with zero attached hydrogens (tertiary/aromatic N) is 1. The summed E-state index contributed by atoms with van der Waals surface area (Å²) in [6.07, 6.45) is 7.08. The summed E-state index contributed by atoms with van der Waals surface area (Å²) >= 11 is 0. The van der Waals surface area contributed by atoms with Crippen molar-refractivity contribution in [2.24, 2.45) is 0 Å². The predicted octanol–water partition coefficient (Wildman–Crippen LogP) is 3.42. The number of aromatic amines is 1. The number of fused-ring (bicyclic) bond motifs is 1. The molecule has 0 amide bonds. The molecule has 1 heterocycles. The van der Waals surface area contributed by atoms with Crippen molar-refractivity contribution in [3.05, 3.63) is 77.5 Å². The highest BCUT2D eigenvalue weighted by atomic mass is 16.3. The molecule has 0 bridgehead atoms. The topological polar surface area (TPSA) is 56.3 Å². The van der Waals surface area contributed by atoms with Gasteiger partial charge in [0, 0.05) is 36.7 Å². The fraction of sp³-hybridized carbons (Fsp3) is 0.227. The molecule has 4 heteroatoms. The van der Waals surface area contributed by atoms with Crippen LogP contribution in [-0.2, 0) is 17.8 Å². The monoisotopic (exact) mass is 348 g/mol. The van der Waals surface area contributed by atoms with Crippen molar-refractivity contribution in [2.75, 3.05) is 19.7 Å². The van der Waals surface area contributed by atoms with E-state index in [-0.39, 0.29) is 6.61 Å². The third-order valence-electron chi connectivity index (χ3n) is 4.54. The van der Waals surface area contributed by atoms with Crippen molar-refractivity contribution >= 4 is 23.3 Å². The van der Waals surface area contributed by atoms with Gasteiger partial charge in [0.05, 0.1) is 6.61 Å². The van der Waals surface area contributed by atoms with Gasteiger partial charge in [0.2, 0.25) is 0 Å². The molecule has 26 heavy (non-hydrogen) atoms. The standard InChI is InChI=1S/C22H24N2O2/c25-14-3-4-18-7-9-19(10-8-18)17-24(13-15-26)12-11-20-16-23-22-6-2-1-5-21(20)22/h1-10,14,16,23,26H,11-13,15,17H2/b4-3+. The van der Waals surface area contributed by atoms with Gasteiger partial charge in [0.15, 0.2) is 0 Å². The molecule has 0 aliphatic rings. The number of aromatic nitrogens is 1. The Balaban J connectivity index is 1.63. The van der Waals surface area contributed by atoms with Crippen LogP contribution >= 0.6 is 0 Å². The first kappa shape index (κ1) is 18.1. The number of para-hydroxylation sites is 1. The van der Waals surface area contributed by atoms with E-state index in [0.29, 0.717) is 6.54 Å². The van der Waals surface area contributed by atoms with E-state index in [4.69, 9.17) is 0 Å². The second kappa shape index (κ2) is 9.13. The molecule has 1 aromatic heterocycles. The summed E-state index contributed by atoms with van der Waals surface area (Å²) in [5, 5.41) is 10.7. The Morgan fingerprint density at radius 2 is 1.85 bits per heavy atom. The van der Waals surface area contributed by atoms with Gasteiger partial charge in [0.1, 0.15) is 6.29 Å². The van der Waals surface area contributed by atoms with Crippen LogP contribution in [0.25, 0.3) is 17.0 Å². The second-order valence-corrected chi connectivity index (χ2v) is 6.35. The highest BCUT2D eigenvalue weighted by molar-refractivity contribution is 5.83. The molecule has 3 aromatic rings. The van der Waals surface area contributed by atoms with E-state index in [1.54, 1.807) is 6.08 Å². The quantitative estimate of drug-likeness (QED) is 0.460. The zero-order valence-electron chi connectivity index (χ0n) is 14.8. The van der Waals surface area contributed by atoms with E-state index >= 15 is 0 Å². The van der Waals surface area contributed by atoms with Crippen LogP contribution in [-0.4, -0.2) is 41.0 Å². The van der Waals surface area contributed by atoms with Crippen LogP contribution in [0.15, 0.2) is 60.8 Å². The third-order valence-corrected chi connectivity index (χ3v) is 4.54. The van der Waals surface area contributed by atoms with Crippen LogP contribution < -0.4 is 0 Å². The minimum atomic E-state index is 0.147. The van der Waals surface area contributed by atoms with Gasteiger partial charge in [-0.1, -0.05) is 48.5 Å². The molecule has 0 radical (unpaired) electrons. The minimum Gasteiger partial charge on any atom is -0.395 e. The Hall–Kier alpha value is -2.69. The van der Waals surface area contributed by atoms with Crippen LogP contribution in [0.4, 0.5) is 0 Å². The number of benzene rings is 2. The fourth-order valence-corrected chi connectivity index (χ4v) is 3.17. The molecule has 0 fully saturated rings. The van der Waals surface area contributed by atoms with Crippen LogP contribution in [0.1, 0.15) is 16.7 Å². The molecular formula is C22H24N2O2. The number of H-pyrrole nitrogens is 1. The minimum absolute atomic E-state index is 0.147. The summed E-state index contributed by atoms with van der Waals surface area (Å²) < 4.78 is 0. The normalized spacial score (nSPS) is 11.6. The summed E-state index contributed by atoms with van der Waals surface area (Å²) in [5.74, 6) is 0. The summed E-state index contributed by atoms with van der Waals surface area (Å²) in [5.41, 5.74) is 4.67. The van der Waals surface area contributed by atoms with Crippen molar-refractivity contribution in [1.82, 2.24) is 9.88 Å². The molecule has 0 saturated heterocycles. The van der Waals surface area contributed by atoms with Crippen LogP contribution in [0, 0.1) is 0 Å². The largest absolute Gasteiger partial charge is 0.395 e. The molecule has 0 aliphatic carbocycles. The van der Waals surface area contributed by atoms with Crippen molar-refractivity contribution < 1.29 is 9.90 Å². The van der Waals surface area contributed by atoms with Gasteiger partial charge >= 0.3 is 0 Å². The third kappa shape index (κ3) is 4.69. The zero-order valence-corrected chi connectivity index (χ0v) is 14.8. The van der Waals surface area contributed by atoms with Gasteiger partial charge in [-0.25, -0.2) is 0 Å². The van der Waals surface area contributed by atoms with Crippen molar-refractivity contribution in [3.63, 3.8) is 0 Å². The van der Waals surface area contributed by atoms with Crippen molar-refractivity contribution in [3.8, 4) is 0 Å². The molecule has 0 saturated carbocycles. The SMILES string of the molecule is O=C/C=C/c1ccc(CN(CCO)CCc2c[nH]c3ccccc23)cc1. The molecular weight excluding hydrogens is 324 g/mol. The predicted molar refractivity (Wildman–Crippen MR) is 106 cm³/mol. The molecule has 134 valence electrons. The maximum atomic E-state index is 10.4. The number of hydrogen-bond donors (Lipinski definition) is 2. The second-order valence-electron chi connectivity index (χ2n) is 6.35. The number of aliphatic hydroxyl groups is 1. The summed E-state index contributed by atoms with van der Waals surface area (Å²) in [6, 6.07) is 16.5. The maximum absolute atomic E-state index is 10.4. The average Bonchev–Trinajstić information content (AvgIpc) is 3.09. The first-order valence-electron chi connectivity index (χ1n) is 8.89. The van der Waals surface area contributed by atoms with E-state index in [0.717, 1.165) is 36.9 Å². The van der Waals surface area contributed by atoms with Gasteiger partial charge in [-0.15, -0.1) is 0 Å². The Bertz CT molecular complexity index is 865. The van der Waals surface area contributed by atoms with E-state index in [2.05, 4.69) is 46.4 Å². The number of hydrogen-bond acceptors (Lipinski definition) is 3. The highest BCUT2D eigenvalue weighted by Gasteiger charge is 2.08. The summed E-state index contributed by atoms with van der Waals surface area (Å²) in [7, 11) is 0. The van der Waals surface area contributed by atoms with Crippen LogP contribution in [0.5, 0.6) is 0 Å². The van der Waals surface area contributed by atoms with Gasteiger partial charge < -0.3 is 10.1 Å². The lowest BCUT2D eigenvalue weighted by Crippen LogP contribution is -2.28. The van der Waals surface area contributed by atoms with Gasteiger partial charge in [-0.2, -0.15) is 0 Å². The Labute approximate surface area is 153 Å². The van der Waals surface area contributed by atoms with Gasteiger partial charge in [-0.05, 0) is 35.3 Å². The number of aldehydes is 1. The molecule has 2 aromatic carbocycles. The lowest BCUT2D eigenvalue weighted by molar-refractivity contribution is -0.104. The summed E-state index contributed by atoms with van der Waals surface area (Å²) in [4.78, 5) is 16.0. The number of aliphatic hydroxyl groups excluding tert-OH is 1. The first-order chi connectivity index (χ1) is 12.8. The van der Waals surface area contributed by atoms with Crippen molar-refractivity contribution in [1.29, 1.82) is 0 Å². The van der Waals surface area contributed by atoms with Gasteiger partial charge in [-0.3, -0.25) is 9.69 Å².